The molecule has 25 heavy (non-hydrogen) atoms. The second kappa shape index (κ2) is 6.15. The molecular formula is C20H27N3O2. The molecule has 0 bridgehead atoms. The Balaban J connectivity index is 1.82. The maximum Gasteiger partial charge on any atom is 0.341 e. The Hall–Kier alpha value is -1.85. The van der Waals surface area contributed by atoms with E-state index in [0.29, 0.717) is 18.6 Å². The number of hydrogen-bond acceptors (Lipinski definition) is 5. The molecule has 4 rings (SSSR count). The fourth-order valence-electron chi connectivity index (χ4n) is 4.33. The number of benzene rings is 1. The van der Waals surface area contributed by atoms with Crippen molar-refractivity contribution >= 4 is 16.7 Å². The number of rotatable bonds is 1. The predicted molar refractivity (Wildman–Crippen MR) is 102 cm³/mol. The molecule has 0 spiro atoms. The lowest BCUT2D eigenvalue weighted by Gasteiger charge is -2.44. The molecular weight excluding hydrogens is 314 g/mol. The number of anilines is 1. The van der Waals surface area contributed by atoms with Crippen molar-refractivity contribution in [2.45, 2.75) is 45.8 Å². The first-order valence-electron chi connectivity index (χ1n) is 9.23. The van der Waals surface area contributed by atoms with Crippen LogP contribution in [0.25, 0.3) is 11.0 Å². The molecule has 5 nitrogen and oxygen atoms in total. The minimum Gasteiger partial charge on any atom is -0.422 e. The van der Waals surface area contributed by atoms with Gasteiger partial charge in [0.1, 0.15) is 5.58 Å². The molecule has 0 radical (unpaired) electrons. The van der Waals surface area contributed by atoms with Crippen LogP contribution < -0.4 is 15.8 Å². The normalized spacial score (nSPS) is 24.6. The van der Waals surface area contributed by atoms with Crippen LogP contribution in [0.2, 0.25) is 0 Å². The van der Waals surface area contributed by atoms with Gasteiger partial charge in [-0.3, -0.25) is 4.90 Å². The standard InChI is InChI=1S/C20H27N3O2/c1-12-10-23(11-13(2)22(12)4)18-6-5-16-15-7-8-21-9-17(15)20(24)25-19(16)14(18)3/h5-6,12-13,21H,7-11H2,1-4H3. The number of nitrogens with one attached hydrogen (secondary N) is 1. The highest BCUT2D eigenvalue weighted by atomic mass is 16.4. The molecule has 5 heteroatoms. The van der Waals surface area contributed by atoms with Gasteiger partial charge in [-0.25, -0.2) is 4.79 Å². The highest BCUT2D eigenvalue weighted by molar-refractivity contribution is 5.88. The van der Waals surface area contributed by atoms with Gasteiger partial charge in [-0.2, -0.15) is 0 Å². The number of likely N-dealkylation sites (N-methyl/N-ethyl adjacent to an activating group) is 1. The number of hydrogen-bond donors (Lipinski definition) is 1. The Morgan fingerprint density at radius 3 is 2.60 bits per heavy atom. The zero-order valence-electron chi connectivity index (χ0n) is 15.6. The van der Waals surface area contributed by atoms with E-state index in [0.717, 1.165) is 48.2 Å². The topological polar surface area (TPSA) is 48.7 Å². The smallest absolute Gasteiger partial charge is 0.341 e. The van der Waals surface area contributed by atoms with Crippen LogP contribution >= 0.6 is 0 Å². The third-order valence-electron chi connectivity index (χ3n) is 6.06. The molecule has 0 aliphatic carbocycles. The maximum atomic E-state index is 12.4. The van der Waals surface area contributed by atoms with E-state index < -0.39 is 0 Å². The molecule has 1 aromatic carbocycles. The SMILES string of the molecule is Cc1c(N2CC(C)N(C)C(C)C2)ccc2c3c(c(=O)oc12)CNCC3. The Morgan fingerprint density at radius 1 is 1.16 bits per heavy atom. The van der Waals surface area contributed by atoms with E-state index in [4.69, 9.17) is 4.42 Å². The van der Waals surface area contributed by atoms with Gasteiger partial charge in [0.2, 0.25) is 0 Å². The van der Waals surface area contributed by atoms with Gasteiger partial charge < -0.3 is 14.6 Å². The van der Waals surface area contributed by atoms with Crippen molar-refractivity contribution in [2.75, 3.05) is 31.6 Å². The van der Waals surface area contributed by atoms with Crippen molar-refractivity contribution in [1.82, 2.24) is 10.2 Å². The van der Waals surface area contributed by atoms with Crippen LogP contribution in [0.3, 0.4) is 0 Å². The average Bonchev–Trinajstić information content (AvgIpc) is 2.60. The Labute approximate surface area is 148 Å². The molecule has 1 N–H and O–H groups in total. The van der Waals surface area contributed by atoms with Gasteiger partial charge >= 0.3 is 5.63 Å². The van der Waals surface area contributed by atoms with Crippen LogP contribution in [0, 0.1) is 6.92 Å². The van der Waals surface area contributed by atoms with E-state index in [2.05, 4.69) is 55.1 Å². The summed E-state index contributed by atoms with van der Waals surface area (Å²) in [7, 11) is 2.19. The molecule has 3 heterocycles. The van der Waals surface area contributed by atoms with Crippen molar-refractivity contribution in [3.05, 3.63) is 39.2 Å². The summed E-state index contributed by atoms with van der Waals surface area (Å²) in [6, 6.07) is 5.37. The summed E-state index contributed by atoms with van der Waals surface area (Å²) < 4.78 is 5.76. The van der Waals surface area contributed by atoms with Crippen LogP contribution in [0.4, 0.5) is 5.69 Å². The van der Waals surface area contributed by atoms with Crippen molar-refractivity contribution in [3.63, 3.8) is 0 Å². The van der Waals surface area contributed by atoms with Gasteiger partial charge in [-0.15, -0.1) is 0 Å². The first-order valence-corrected chi connectivity index (χ1v) is 9.23. The summed E-state index contributed by atoms with van der Waals surface area (Å²) in [5.74, 6) is 0. The van der Waals surface area contributed by atoms with Gasteiger partial charge in [0.15, 0.2) is 0 Å². The van der Waals surface area contributed by atoms with Crippen molar-refractivity contribution in [2.24, 2.45) is 0 Å². The number of aryl methyl sites for hydroxylation is 1. The van der Waals surface area contributed by atoms with Crippen LogP contribution in [-0.4, -0.2) is 43.7 Å². The fraction of sp³-hybridized carbons (Fsp3) is 0.550. The van der Waals surface area contributed by atoms with E-state index in [9.17, 15) is 4.79 Å². The molecule has 1 fully saturated rings. The van der Waals surface area contributed by atoms with Crippen LogP contribution in [-0.2, 0) is 13.0 Å². The molecule has 2 aromatic rings. The van der Waals surface area contributed by atoms with Crippen LogP contribution in [0.1, 0.15) is 30.5 Å². The van der Waals surface area contributed by atoms with Gasteiger partial charge in [0.05, 0.1) is 5.56 Å². The van der Waals surface area contributed by atoms with E-state index in [1.165, 1.54) is 11.3 Å². The molecule has 1 aromatic heterocycles. The van der Waals surface area contributed by atoms with E-state index in [1.807, 2.05) is 0 Å². The molecule has 0 amide bonds. The number of piperazine rings is 1. The van der Waals surface area contributed by atoms with Gasteiger partial charge in [-0.1, -0.05) is 0 Å². The first kappa shape index (κ1) is 16.6. The lowest BCUT2D eigenvalue weighted by Crippen LogP contribution is -2.55. The quantitative estimate of drug-likeness (QED) is 0.807. The zero-order chi connectivity index (χ0) is 17.7. The lowest BCUT2D eigenvalue weighted by atomic mass is 9.96. The Morgan fingerprint density at radius 2 is 1.88 bits per heavy atom. The molecule has 2 unspecified atom stereocenters. The third-order valence-corrected chi connectivity index (χ3v) is 6.06. The van der Waals surface area contributed by atoms with E-state index >= 15 is 0 Å². The van der Waals surface area contributed by atoms with Crippen molar-refractivity contribution in [3.8, 4) is 0 Å². The van der Waals surface area contributed by atoms with Gasteiger partial charge in [0.25, 0.3) is 0 Å². The maximum absolute atomic E-state index is 12.4. The first-order chi connectivity index (χ1) is 12.0. The van der Waals surface area contributed by atoms with E-state index in [1.54, 1.807) is 0 Å². The van der Waals surface area contributed by atoms with E-state index in [-0.39, 0.29) is 5.63 Å². The number of fused-ring (bicyclic) bond motifs is 3. The zero-order valence-corrected chi connectivity index (χ0v) is 15.6. The second-order valence-corrected chi connectivity index (χ2v) is 7.63. The Kier molecular flexibility index (Phi) is 4.08. The summed E-state index contributed by atoms with van der Waals surface area (Å²) in [5.41, 5.74) is 4.82. The van der Waals surface area contributed by atoms with Crippen LogP contribution in [0.5, 0.6) is 0 Å². The molecule has 0 saturated carbocycles. The summed E-state index contributed by atoms with van der Waals surface area (Å²) in [5, 5.41) is 4.37. The largest absolute Gasteiger partial charge is 0.422 e. The average molecular weight is 341 g/mol. The highest BCUT2D eigenvalue weighted by Gasteiger charge is 2.28. The molecule has 2 atom stereocenters. The van der Waals surface area contributed by atoms with Crippen LogP contribution in [0.15, 0.2) is 21.3 Å². The molecule has 2 aliphatic heterocycles. The summed E-state index contributed by atoms with van der Waals surface area (Å²) in [6.45, 7) is 10.1. The molecule has 134 valence electrons. The van der Waals surface area contributed by atoms with Crippen molar-refractivity contribution in [1.29, 1.82) is 0 Å². The summed E-state index contributed by atoms with van der Waals surface area (Å²) in [6.07, 6.45) is 0.888. The monoisotopic (exact) mass is 341 g/mol. The molecule has 1 saturated heterocycles. The minimum atomic E-state index is -0.185. The second-order valence-electron chi connectivity index (χ2n) is 7.63. The van der Waals surface area contributed by atoms with Gasteiger partial charge in [-0.05, 0) is 58.5 Å². The predicted octanol–water partition coefficient (Wildman–Crippen LogP) is 2.28. The number of nitrogens with zero attached hydrogens (tertiary/aromatic N) is 2. The van der Waals surface area contributed by atoms with Gasteiger partial charge in [0, 0.05) is 48.4 Å². The minimum absolute atomic E-state index is 0.185. The molecule has 2 aliphatic rings. The summed E-state index contributed by atoms with van der Waals surface area (Å²) >= 11 is 0. The highest BCUT2D eigenvalue weighted by Crippen LogP contribution is 2.33. The fourth-order valence-corrected chi connectivity index (χ4v) is 4.33. The lowest BCUT2D eigenvalue weighted by molar-refractivity contribution is 0.170. The third kappa shape index (κ3) is 2.66. The summed E-state index contributed by atoms with van der Waals surface area (Å²) in [4.78, 5) is 17.3. The Bertz CT molecular complexity index is 861. The van der Waals surface area contributed by atoms with Crippen molar-refractivity contribution < 1.29 is 4.42 Å².